The fourth-order valence-corrected chi connectivity index (χ4v) is 5.52. The topological polar surface area (TPSA) is 53.3 Å². The minimum absolute atomic E-state index is 0.108. The summed E-state index contributed by atoms with van der Waals surface area (Å²) in [6, 6.07) is 2.19. The van der Waals surface area contributed by atoms with Crippen LogP contribution in [0, 0.1) is 18.8 Å². The minimum Gasteiger partial charge on any atom is -0.381 e. The van der Waals surface area contributed by atoms with E-state index >= 15 is 0 Å². The van der Waals surface area contributed by atoms with E-state index in [9.17, 15) is 4.79 Å². The molecule has 168 valence electrons. The lowest BCUT2D eigenvalue weighted by atomic mass is 9.94. The molecule has 0 aromatic carbocycles. The highest BCUT2D eigenvalue weighted by molar-refractivity contribution is 5.79. The fourth-order valence-electron chi connectivity index (χ4n) is 5.52. The molecule has 1 atom stereocenters. The van der Waals surface area contributed by atoms with Crippen molar-refractivity contribution in [1.29, 1.82) is 0 Å². The summed E-state index contributed by atoms with van der Waals surface area (Å²) in [5.74, 6) is 1.13. The number of imidazole rings is 1. The van der Waals surface area contributed by atoms with E-state index in [1.807, 2.05) is 12.4 Å². The third-order valence-electron chi connectivity index (χ3n) is 7.37. The maximum absolute atomic E-state index is 12.6. The SMILES string of the molecule is Cc1ccn2ccnc2c1N1CCCN(CC2CCN(C(=O)C3CCOC3)CC2)CC1. The number of aromatic nitrogens is 2. The summed E-state index contributed by atoms with van der Waals surface area (Å²) in [4.78, 5) is 24.5. The van der Waals surface area contributed by atoms with Gasteiger partial charge in [-0.3, -0.25) is 4.79 Å². The molecule has 7 heteroatoms. The lowest BCUT2D eigenvalue weighted by molar-refractivity contribution is -0.137. The number of nitrogens with zero attached hydrogens (tertiary/aromatic N) is 5. The van der Waals surface area contributed by atoms with Crippen LogP contribution in [-0.2, 0) is 9.53 Å². The second-order valence-electron chi connectivity index (χ2n) is 9.48. The smallest absolute Gasteiger partial charge is 0.228 e. The monoisotopic (exact) mass is 425 g/mol. The minimum atomic E-state index is 0.108. The Labute approximate surface area is 185 Å². The highest BCUT2D eigenvalue weighted by Crippen LogP contribution is 2.27. The van der Waals surface area contributed by atoms with Gasteiger partial charge in [-0.2, -0.15) is 0 Å². The van der Waals surface area contributed by atoms with Crippen LogP contribution in [0.3, 0.4) is 0 Å². The van der Waals surface area contributed by atoms with Gasteiger partial charge in [0.05, 0.1) is 18.2 Å². The van der Waals surface area contributed by atoms with Crippen LogP contribution in [0.15, 0.2) is 24.7 Å². The fraction of sp³-hybridized carbons (Fsp3) is 0.667. The molecule has 5 heterocycles. The van der Waals surface area contributed by atoms with Crippen LogP contribution in [-0.4, -0.2) is 84.1 Å². The Balaban J connectivity index is 1.14. The second kappa shape index (κ2) is 9.17. The molecule has 3 aliphatic heterocycles. The van der Waals surface area contributed by atoms with Crippen LogP contribution < -0.4 is 4.90 Å². The number of ether oxygens (including phenoxy) is 1. The van der Waals surface area contributed by atoms with Crippen molar-refractivity contribution in [1.82, 2.24) is 19.2 Å². The number of fused-ring (bicyclic) bond motifs is 1. The zero-order chi connectivity index (χ0) is 21.2. The Morgan fingerprint density at radius 2 is 1.97 bits per heavy atom. The maximum Gasteiger partial charge on any atom is 0.228 e. The number of amides is 1. The lowest BCUT2D eigenvalue weighted by Gasteiger charge is -2.35. The van der Waals surface area contributed by atoms with E-state index in [0.29, 0.717) is 18.4 Å². The number of rotatable bonds is 4. The van der Waals surface area contributed by atoms with Crippen molar-refractivity contribution in [3.63, 3.8) is 0 Å². The van der Waals surface area contributed by atoms with Gasteiger partial charge in [0.15, 0.2) is 5.65 Å². The number of likely N-dealkylation sites (tertiary alicyclic amines) is 1. The summed E-state index contributed by atoms with van der Waals surface area (Å²) in [6.07, 6.45) is 10.4. The highest BCUT2D eigenvalue weighted by atomic mass is 16.5. The van der Waals surface area contributed by atoms with Crippen LogP contribution >= 0.6 is 0 Å². The maximum atomic E-state index is 12.6. The molecular weight excluding hydrogens is 390 g/mol. The number of hydrogen-bond donors (Lipinski definition) is 0. The Kier molecular flexibility index (Phi) is 6.14. The molecule has 3 aliphatic rings. The lowest BCUT2D eigenvalue weighted by Crippen LogP contribution is -2.44. The van der Waals surface area contributed by atoms with Crippen LogP contribution in [0.5, 0.6) is 0 Å². The van der Waals surface area contributed by atoms with E-state index in [1.54, 1.807) is 0 Å². The molecule has 7 nitrogen and oxygen atoms in total. The molecule has 2 aromatic heterocycles. The average molecular weight is 426 g/mol. The predicted octanol–water partition coefficient (Wildman–Crippen LogP) is 2.43. The summed E-state index contributed by atoms with van der Waals surface area (Å²) in [5.41, 5.74) is 3.66. The van der Waals surface area contributed by atoms with Crippen LogP contribution in [0.2, 0.25) is 0 Å². The molecule has 0 aliphatic carbocycles. The molecule has 3 saturated heterocycles. The quantitative estimate of drug-likeness (QED) is 0.753. The molecule has 0 spiro atoms. The molecule has 0 bridgehead atoms. The van der Waals surface area contributed by atoms with Crippen molar-refractivity contribution in [2.45, 2.75) is 32.6 Å². The Morgan fingerprint density at radius 1 is 1.10 bits per heavy atom. The summed E-state index contributed by atoms with van der Waals surface area (Å²) < 4.78 is 7.53. The molecule has 0 radical (unpaired) electrons. The van der Waals surface area contributed by atoms with Gasteiger partial charge in [-0.25, -0.2) is 4.98 Å². The third-order valence-corrected chi connectivity index (χ3v) is 7.37. The third kappa shape index (κ3) is 4.44. The highest BCUT2D eigenvalue weighted by Gasteiger charge is 2.31. The molecule has 2 aromatic rings. The summed E-state index contributed by atoms with van der Waals surface area (Å²) in [6.45, 7) is 10.9. The molecule has 1 amide bonds. The van der Waals surface area contributed by atoms with E-state index in [0.717, 1.165) is 77.3 Å². The van der Waals surface area contributed by atoms with E-state index in [4.69, 9.17) is 4.74 Å². The van der Waals surface area contributed by atoms with Crippen LogP contribution in [0.4, 0.5) is 5.69 Å². The normalized spacial score (nSPS) is 24.1. The van der Waals surface area contributed by atoms with Crippen LogP contribution in [0.25, 0.3) is 5.65 Å². The van der Waals surface area contributed by atoms with Gasteiger partial charge >= 0.3 is 0 Å². The van der Waals surface area contributed by atoms with Crippen molar-refractivity contribution in [2.24, 2.45) is 11.8 Å². The van der Waals surface area contributed by atoms with Gasteiger partial charge in [-0.15, -0.1) is 0 Å². The summed E-state index contributed by atoms with van der Waals surface area (Å²) in [5, 5.41) is 0. The van der Waals surface area contributed by atoms with Gasteiger partial charge in [0, 0.05) is 64.5 Å². The zero-order valence-corrected chi connectivity index (χ0v) is 18.7. The average Bonchev–Trinajstić information content (AvgIpc) is 3.44. The zero-order valence-electron chi connectivity index (χ0n) is 18.7. The van der Waals surface area contributed by atoms with E-state index in [1.165, 1.54) is 17.7 Å². The Bertz CT molecular complexity index is 899. The Hall–Kier alpha value is -2.12. The van der Waals surface area contributed by atoms with Crippen molar-refractivity contribution in [3.05, 3.63) is 30.2 Å². The summed E-state index contributed by atoms with van der Waals surface area (Å²) >= 11 is 0. The van der Waals surface area contributed by atoms with Crippen molar-refractivity contribution in [2.75, 3.05) is 63.9 Å². The Morgan fingerprint density at radius 3 is 2.77 bits per heavy atom. The number of piperidine rings is 1. The van der Waals surface area contributed by atoms with E-state index < -0.39 is 0 Å². The molecule has 5 rings (SSSR count). The van der Waals surface area contributed by atoms with E-state index in [-0.39, 0.29) is 5.92 Å². The molecule has 31 heavy (non-hydrogen) atoms. The molecule has 0 saturated carbocycles. The van der Waals surface area contributed by atoms with Crippen molar-refractivity contribution < 1.29 is 9.53 Å². The molecular formula is C24H35N5O2. The van der Waals surface area contributed by atoms with Crippen molar-refractivity contribution >= 4 is 17.2 Å². The standard InChI is InChI=1S/C24H35N5O2/c1-19-3-10-28-13-7-25-23(28)22(19)27-9-2-8-26(14-15-27)17-20-4-11-29(12-5-20)24(30)21-6-16-31-18-21/h3,7,10,13,20-21H,2,4-6,8-9,11-12,14-18H2,1H3. The van der Waals surface area contributed by atoms with Gasteiger partial charge in [0.25, 0.3) is 0 Å². The van der Waals surface area contributed by atoms with E-state index in [2.05, 4.69) is 43.3 Å². The van der Waals surface area contributed by atoms with Gasteiger partial charge in [0.2, 0.25) is 5.91 Å². The first-order valence-corrected chi connectivity index (χ1v) is 11.9. The summed E-state index contributed by atoms with van der Waals surface area (Å²) in [7, 11) is 0. The molecule has 3 fully saturated rings. The van der Waals surface area contributed by atoms with Gasteiger partial charge < -0.3 is 23.8 Å². The van der Waals surface area contributed by atoms with Gasteiger partial charge in [-0.1, -0.05) is 0 Å². The number of hydrogen-bond acceptors (Lipinski definition) is 5. The first kappa shape index (κ1) is 20.8. The van der Waals surface area contributed by atoms with Crippen LogP contribution in [0.1, 0.15) is 31.2 Å². The molecule has 0 N–H and O–H groups in total. The number of pyridine rings is 1. The van der Waals surface area contributed by atoms with Crippen molar-refractivity contribution in [3.8, 4) is 0 Å². The number of carbonyl (C=O) groups is 1. The first-order chi connectivity index (χ1) is 15.2. The molecule has 1 unspecified atom stereocenters. The number of carbonyl (C=O) groups excluding carboxylic acids is 1. The van der Waals surface area contributed by atoms with Gasteiger partial charge in [-0.05, 0) is 56.7 Å². The van der Waals surface area contributed by atoms with Gasteiger partial charge in [0.1, 0.15) is 0 Å². The number of anilines is 1. The first-order valence-electron chi connectivity index (χ1n) is 11.9. The second-order valence-corrected chi connectivity index (χ2v) is 9.48. The predicted molar refractivity (Wildman–Crippen MR) is 121 cm³/mol. The number of aryl methyl sites for hydroxylation is 1. The largest absolute Gasteiger partial charge is 0.381 e.